The second-order valence-electron chi connectivity index (χ2n) is 7.88. The van der Waals surface area contributed by atoms with Gasteiger partial charge in [0, 0.05) is 61.3 Å². The summed E-state index contributed by atoms with van der Waals surface area (Å²) in [6.45, 7) is 7.07. The number of carbonyl (C=O) groups is 1. The molecule has 3 aromatic heterocycles. The molecular formula is C22H26N8O. The average Bonchev–Trinajstić information content (AvgIpc) is 3.34. The molecule has 1 atom stereocenters. The Bertz CT molecular complexity index is 1120. The Hall–Kier alpha value is -3.62. The number of nitrogens with one attached hydrogen (secondary N) is 1. The minimum absolute atomic E-state index is 0.000819. The summed E-state index contributed by atoms with van der Waals surface area (Å²) in [6, 6.07) is 3.85. The van der Waals surface area contributed by atoms with Gasteiger partial charge in [-0.1, -0.05) is 0 Å². The summed E-state index contributed by atoms with van der Waals surface area (Å²) in [6.07, 6.45) is 7.86. The smallest absolute Gasteiger partial charge is 0.246 e. The molecule has 0 aliphatic carbocycles. The molecule has 1 amide bonds. The van der Waals surface area contributed by atoms with Crippen molar-refractivity contribution in [2.24, 2.45) is 7.05 Å². The number of hydrogen-bond acceptors (Lipinski definition) is 7. The van der Waals surface area contributed by atoms with Crippen molar-refractivity contribution >= 4 is 23.7 Å². The molecule has 1 fully saturated rings. The fourth-order valence-corrected chi connectivity index (χ4v) is 3.76. The molecule has 1 saturated heterocycles. The van der Waals surface area contributed by atoms with Crippen LogP contribution in [0.5, 0.6) is 0 Å². The van der Waals surface area contributed by atoms with Crippen LogP contribution in [0.1, 0.15) is 40.8 Å². The van der Waals surface area contributed by atoms with E-state index in [-0.39, 0.29) is 11.8 Å². The lowest BCUT2D eigenvalue weighted by molar-refractivity contribution is -0.124. The van der Waals surface area contributed by atoms with Crippen LogP contribution >= 0.6 is 0 Å². The van der Waals surface area contributed by atoms with Crippen molar-refractivity contribution in [3.05, 3.63) is 59.1 Å². The number of rotatable bonds is 5. The summed E-state index contributed by atoms with van der Waals surface area (Å²) in [7, 11) is 1.85. The molecule has 9 nitrogen and oxygen atoms in total. The predicted molar refractivity (Wildman–Crippen MR) is 118 cm³/mol. The highest BCUT2D eigenvalue weighted by Crippen LogP contribution is 2.28. The molecule has 3 aromatic rings. The van der Waals surface area contributed by atoms with E-state index in [1.807, 2.05) is 51.0 Å². The van der Waals surface area contributed by atoms with Gasteiger partial charge in [-0.05, 0) is 39.3 Å². The van der Waals surface area contributed by atoms with Crippen molar-refractivity contribution < 1.29 is 4.79 Å². The predicted octanol–water partition coefficient (Wildman–Crippen LogP) is 2.70. The van der Waals surface area contributed by atoms with Crippen LogP contribution in [0.2, 0.25) is 0 Å². The zero-order chi connectivity index (χ0) is 22.0. The van der Waals surface area contributed by atoms with Crippen molar-refractivity contribution in [2.75, 3.05) is 18.4 Å². The minimum Gasteiger partial charge on any atom is -0.338 e. The maximum absolute atomic E-state index is 12.6. The molecule has 0 bridgehead atoms. The van der Waals surface area contributed by atoms with Crippen molar-refractivity contribution in [3.63, 3.8) is 0 Å². The number of aryl methyl sites for hydroxylation is 4. The van der Waals surface area contributed by atoms with Gasteiger partial charge in [-0.15, -0.1) is 0 Å². The van der Waals surface area contributed by atoms with Crippen LogP contribution in [0.4, 0.5) is 11.8 Å². The summed E-state index contributed by atoms with van der Waals surface area (Å²) >= 11 is 0. The standard InChI is InChI=1S/C22H26N8O/c1-14-9-15(2)25-22(24-14)28-20-10-19(26-16(3)27-20)18-7-8-30(13-18)21(31)6-5-17-11-23-29(4)12-17/h5-6,9-12,18H,7-8,13H2,1-4H3,(H,24,25,26,27,28)/b6-5+/t18-/m1/s1. The van der Waals surface area contributed by atoms with Gasteiger partial charge in [0.2, 0.25) is 11.9 Å². The number of amides is 1. The fraction of sp³-hybridized carbons (Fsp3) is 0.364. The number of nitrogens with zero attached hydrogens (tertiary/aromatic N) is 7. The van der Waals surface area contributed by atoms with Crippen LogP contribution in [0.25, 0.3) is 6.08 Å². The highest BCUT2D eigenvalue weighted by molar-refractivity contribution is 5.91. The van der Waals surface area contributed by atoms with Gasteiger partial charge >= 0.3 is 0 Å². The van der Waals surface area contributed by atoms with Crippen LogP contribution in [0.15, 0.2) is 30.6 Å². The lowest BCUT2D eigenvalue weighted by atomic mass is 10.0. The normalized spacial score (nSPS) is 16.3. The number of anilines is 2. The molecule has 9 heteroatoms. The summed E-state index contributed by atoms with van der Waals surface area (Å²) in [5.74, 6) is 2.02. The van der Waals surface area contributed by atoms with Gasteiger partial charge < -0.3 is 10.2 Å². The van der Waals surface area contributed by atoms with Crippen LogP contribution in [0.3, 0.4) is 0 Å². The van der Waals surface area contributed by atoms with E-state index in [1.54, 1.807) is 23.0 Å². The van der Waals surface area contributed by atoms with E-state index in [0.29, 0.717) is 30.7 Å². The summed E-state index contributed by atoms with van der Waals surface area (Å²) in [5.41, 5.74) is 3.61. The third-order valence-electron chi connectivity index (χ3n) is 5.14. The molecule has 0 unspecified atom stereocenters. The van der Waals surface area contributed by atoms with Gasteiger partial charge in [0.05, 0.1) is 11.9 Å². The van der Waals surface area contributed by atoms with E-state index < -0.39 is 0 Å². The Kier molecular flexibility index (Phi) is 5.75. The topological polar surface area (TPSA) is 102 Å². The lowest BCUT2D eigenvalue weighted by Gasteiger charge is -2.15. The van der Waals surface area contributed by atoms with Gasteiger partial charge in [-0.25, -0.2) is 19.9 Å². The summed E-state index contributed by atoms with van der Waals surface area (Å²) in [5, 5.41) is 7.30. The summed E-state index contributed by atoms with van der Waals surface area (Å²) in [4.78, 5) is 32.4. The molecule has 4 rings (SSSR count). The maximum Gasteiger partial charge on any atom is 0.246 e. The molecule has 1 aliphatic rings. The SMILES string of the molecule is Cc1cc(C)nc(Nc2cc([C@@H]3CCN(C(=O)/C=C/c4cnn(C)c4)C3)nc(C)n2)n1. The molecular weight excluding hydrogens is 392 g/mol. The molecule has 0 saturated carbocycles. The van der Waals surface area contributed by atoms with Gasteiger partial charge in [0.1, 0.15) is 11.6 Å². The highest BCUT2D eigenvalue weighted by Gasteiger charge is 2.27. The summed E-state index contributed by atoms with van der Waals surface area (Å²) < 4.78 is 1.71. The van der Waals surface area contributed by atoms with E-state index in [1.165, 1.54) is 0 Å². The first kappa shape index (κ1) is 20.6. The Morgan fingerprint density at radius 3 is 2.61 bits per heavy atom. The number of carbonyl (C=O) groups excluding carboxylic acids is 1. The maximum atomic E-state index is 12.6. The molecule has 31 heavy (non-hydrogen) atoms. The molecule has 1 aliphatic heterocycles. The molecule has 0 aromatic carbocycles. The second kappa shape index (κ2) is 8.63. The van der Waals surface area contributed by atoms with Crippen molar-refractivity contribution in [1.82, 2.24) is 34.6 Å². The van der Waals surface area contributed by atoms with E-state index >= 15 is 0 Å². The molecule has 1 N–H and O–H groups in total. The third-order valence-corrected chi connectivity index (χ3v) is 5.14. The van der Waals surface area contributed by atoms with Crippen LogP contribution in [-0.2, 0) is 11.8 Å². The fourth-order valence-electron chi connectivity index (χ4n) is 3.76. The number of likely N-dealkylation sites (tertiary alicyclic amines) is 1. The molecule has 0 spiro atoms. The monoisotopic (exact) mass is 418 g/mol. The van der Waals surface area contributed by atoms with Gasteiger partial charge in [-0.3, -0.25) is 9.48 Å². The first-order valence-corrected chi connectivity index (χ1v) is 10.3. The van der Waals surface area contributed by atoms with E-state index in [9.17, 15) is 4.79 Å². The second-order valence-corrected chi connectivity index (χ2v) is 7.88. The van der Waals surface area contributed by atoms with Gasteiger partial charge in [0.25, 0.3) is 0 Å². The quantitative estimate of drug-likeness (QED) is 0.636. The van der Waals surface area contributed by atoms with Gasteiger partial charge in [-0.2, -0.15) is 5.10 Å². The average molecular weight is 419 g/mol. The largest absolute Gasteiger partial charge is 0.338 e. The first-order chi connectivity index (χ1) is 14.9. The van der Waals surface area contributed by atoms with Crippen molar-refractivity contribution in [1.29, 1.82) is 0 Å². The zero-order valence-electron chi connectivity index (χ0n) is 18.2. The first-order valence-electron chi connectivity index (χ1n) is 10.3. The lowest BCUT2D eigenvalue weighted by Crippen LogP contribution is -2.26. The van der Waals surface area contributed by atoms with Gasteiger partial charge in [0.15, 0.2) is 0 Å². The van der Waals surface area contributed by atoms with Crippen LogP contribution in [-0.4, -0.2) is 53.6 Å². The van der Waals surface area contributed by atoms with Crippen LogP contribution < -0.4 is 5.32 Å². The minimum atomic E-state index is -0.000819. The van der Waals surface area contributed by atoms with Crippen molar-refractivity contribution in [2.45, 2.75) is 33.1 Å². The zero-order valence-corrected chi connectivity index (χ0v) is 18.2. The van der Waals surface area contributed by atoms with E-state index in [2.05, 4.69) is 30.4 Å². The van der Waals surface area contributed by atoms with E-state index in [4.69, 9.17) is 0 Å². The number of aromatic nitrogens is 6. The molecule has 4 heterocycles. The third kappa shape index (κ3) is 5.11. The Morgan fingerprint density at radius 1 is 1.13 bits per heavy atom. The number of hydrogen-bond donors (Lipinski definition) is 1. The van der Waals surface area contributed by atoms with Crippen molar-refractivity contribution in [3.8, 4) is 0 Å². The van der Waals surface area contributed by atoms with Crippen LogP contribution in [0, 0.1) is 20.8 Å². The Balaban J connectivity index is 1.45. The Labute approximate surface area is 181 Å². The molecule has 0 radical (unpaired) electrons. The van der Waals surface area contributed by atoms with E-state index in [0.717, 1.165) is 29.1 Å². The molecule has 160 valence electrons. The highest BCUT2D eigenvalue weighted by atomic mass is 16.2. The Morgan fingerprint density at radius 2 is 1.90 bits per heavy atom.